The van der Waals surface area contributed by atoms with E-state index in [-0.39, 0.29) is 5.92 Å². The fourth-order valence-electron chi connectivity index (χ4n) is 2.16. The number of sulfonamides is 2. The molecule has 0 saturated carbocycles. The molecule has 0 aliphatic carbocycles. The van der Waals surface area contributed by atoms with Crippen LogP contribution in [0.1, 0.15) is 12.8 Å². The second kappa shape index (κ2) is 6.10. The maximum absolute atomic E-state index is 12.0. The monoisotopic (exact) mass is 338 g/mol. The summed E-state index contributed by atoms with van der Waals surface area (Å²) in [6.07, 6.45) is 2.56. The van der Waals surface area contributed by atoms with E-state index in [4.69, 9.17) is 0 Å². The zero-order valence-electron chi connectivity index (χ0n) is 11.1. The van der Waals surface area contributed by atoms with Gasteiger partial charge in [0.2, 0.25) is 20.0 Å². The molecule has 0 amide bonds. The van der Waals surface area contributed by atoms with E-state index in [2.05, 4.69) is 4.72 Å². The lowest BCUT2D eigenvalue weighted by Crippen LogP contribution is -2.40. The van der Waals surface area contributed by atoms with Crippen LogP contribution < -0.4 is 4.72 Å². The third-order valence-corrected chi connectivity index (χ3v) is 7.49. The zero-order chi connectivity index (χ0) is 14.8. The van der Waals surface area contributed by atoms with Crippen molar-refractivity contribution in [3.63, 3.8) is 0 Å². The Hall–Kier alpha value is -0.480. The SMILES string of the molecule is CS(=O)(=O)N1CCC(CNS(=O)(=O)c2cccs2)CC1. The fraction of sp³-hybridized carbons (Fsp3) is 0.636. The Kier molecular flexibility index (Phi) is 4.85. The van der Waals surface area contributed by atoms with Gasteiger partial charge < -0.3 is 0 Å². The van der Waals surface area contributed by atoms with Crippen LogP contribution in [-0.2, 0) is 20.0 Å². The first-order valence-corrected chi connectivity index (χ1v) is 10.5. The molecule has 0 spiro atoms. The van der Waals surface area contributed by atoms with E-state index in [1.165, 1.54) is 21.9 Å². The molecule has 1 saturated heterocycles. The Morgan fingerprint density at radius 3 is 2.45 bits per heavy atom. The Morgan fingerprint density at radius 1 is 1.30 bits per heavy atom. The largest absolute Gasteiger partial charge is 0.250 e. The quantitative estimate of drug-likeness (QED) is 0.856. The first kappa shape index (κ1) is 15.9. The summed E-state index contributed by atoms with van der Waals surface area (Å²) in [5.41, 5.74) is 0. The maximum Gasteiger partial charge on any atom is 0.250 e. The molecular weight excluding hydrogens is 320 g/mol. The van der Waals surface area contributed by atoms with Gasteiger partial charge in [0.25, 0.3) is 0 Å². The van der Waals surface area contributed by atoms with E-state index in [1.807, 2.05) is 0 Å². The number of nitrogens with one attached hydrogen (secondary N) is 1. The smallest absolute Gasteiger partial charge is 0.213 e. The lowest BCUT2D eigenvalue weighted by molar-refractivity contribution is 0.275. The first-order valence-electron chi connectivity index (χ1n) is 6.27. The average molecular weight is 338 g/mol. The van der Waals surface area contributed by atoms with Gasteiger partial charge in [-0.15, -0.1) is 11.3 Å². The Morgan fingerprint density at radius 2 is 1.95 bits per heavy atom. The van der Waals surface area contributed by atoms with Crippen LogP contribution >= 0.6 is 11.3 Å². The minimum Gasteiger partial charge on any atom is -0.213 e. The van der Waals surface area contributed by atoms with Crippen molar-refractivity contribution in [2.75, 3.05) is 25.9 Å². The molecule has 0 unspecified atom stereocenters. The Bertz CT molecular complexity index is 629. The minimum atomic E-state index is -3.42. The normalized spacial score (nSPS) is 19.2. The molecule has 114 valence electrons. The molecule has 1 aromatic rings. The van der Waals surface area contributed by atoms with Gasteiger partial charge in [-0.25, -0.2) is 25.9 Å². The zero-order valence-corrected chi connectivity index (χ0v) is 13.6. The summed E-state index contributed by atoms with van der Waals surface area (Å²) in [4.78, 5) is 0. The second-order valence-corrected chi connectivity index (χ2v) is 9.81. The third-order valence-electron chi connectivity index (χ3n) is 3.36. The van der Waals surface area contributed by atoms with Gasteiger partial charge in [-0.05, 0) is 30.2 Å². The van der Waals surface area contributed by atoms with Gasteiger partial charge in [-0.1, -0.05) is 6.07 Å². The number of thiophene rings is 1. The highest BCUT2D eigenvalue weighted by Gasteiger charge is 2.26. The molecular formula is C11H18N2O4S3. The van der Waals surface area contributed by atoms with Gasteiger partial charge in [-0.2, -0.15) is 0 Å². The number of rotatable bonds is 5. The van der Waals surface area contributed by atoms with Crippen LogP contribution in [0.15, 0.2) is 21.7 Å². The molecule has 1 aliphatic heterocycles. The van der Waals surface area contributed by atoms with Gasteiger partial charge in [0.05, 0.1) is 6.26 Å². The predicted molar refractivity (Wildman–Crippen MR) is 78.6 cm³/mol. The van der Waals surface area contributed by atoms with E-state index in [0.29, 0.717) is 36.7 Å². The maximum atomic E-state index is 12.0. The Labute approximate surface area is 123 Å². The van der Waals surface area contributed by atoms with Crippen molar-refractivity contribution in [3.8, 4) is 0 Å². The van der Waals surface area contributed by atoms with Crippen LogP contribution in [0.5, 0.6) is 0 Å². The molecule has 0 bridgehead atoms. The number of nitrogens with zero attached hydrogens (tertiary/aromatic N) is 1. The number of hydrogen-bond acceptors (Lipinski definition) is 5. The Balaban J connectivity index is 1.85. The van der Waals surface area contributed by atoms with Gasteiger partial charge in [0.1, 0.15) is 4.21 Å². The lowest BCUT2D eigenvalue weighted by atomic mass is 9.99. The molecule has 9 heteroatoms. The third kappa shape index (κ3) is 4.01. The fourth-order valence-corrected chi connectivity index (χ4v) is 5.19. The molecule has 2 rings (SSSR count). The molecule has 6 nitrogen and oxygen atoms in total. The van der Waals surface area contributed by atoms with Crippen molar-refractivity contribution in [1.29, 1.82) is 0 Å². The summed E-state index contributed by atoms with van der Waals surface area (Å²) in [6.45, 7) is 1.28. The molecule has 1 aromatic heterocycles. The van der Waals surface area contributed by atoms with E-state index in [1.54, 1.807) is 17.5 Å². The predicted octanol–water partition coefficient (Wildman–Crippen LogP) is 0.698. The number of piperidine rings is 1. The molecule has 1 fully saturated rings. The van der Waals surface area contributed by atoms with Crippen molar-refractivity contribution in [1.82, 2.24) is 9.03 Å². The van der Waals surface area contributed by atoms with Crippen LogP contribution in [-0.4, -0.2) is 47.0 Å². The summed E-state index contributed by atoms with van der Waals surface area (Å²) in [5.74, 6) is 0.183. The van der Waals surface area contributed by atoms with Crippen molar-refractivity contribution < 1.29 is 16.8 Å². The summed E-state index contributed by atoms with van der Waals surface area (Å²) in [6, 6.07) is 3.27. The summed E-state index contributed by atoms with van der Waals surface area (Å²) in [5, 5.41) is 1.72. The molecule has 1 N–H and O–H groups in total. The van der Waals surface area contributed by atoms with Crippen molar-refractivity contribution in [3.05, 3.63) is 17.5 Å². The summed E-state index contributed by atoms with van der Waals surface area (Å²) in [7, 11) is -6.55. The highest BCUT2D eigenvalue weighted by molar-refractivity contribution is 7.91. The van der Waals surface area contributed by atoms with E-state index in [0.717, 1.165) is 0 Å². The lowest BCUT2D eigenvalue weighted by Gasteiger charge is -2.30. The van der Waals surface area contributed by atoms with Gasteiger partial charge in [0.15, 0.2) is 0 Å². The van der Waals surface area contributed by atoms with Crippen LogP contribution in [0.25, 0.3) is 0 Å². The van der Waals surface area contributed by atoms with Gasteiger partial charge in [-0.3, -0.25) is 0 Å². The highest BCUT2D eigenvalue weighted by atomic mass is 32.2. The molecule has 1 aliphatic rings. The van der Waals surface area contributed by atoms with Gasteiger partial charge >= 0.3 is 0 Å². The second-order valence-electron chi connectivity index (χ2n) is 4.89. The molecule has 2 heterocycles. The van der Waals surface area contributed by atoms with Crippen molar-refractivity contribution in [2.45, 2.75) is 17.1 Å². The van der Waals surface area contributed by atoms with Crippen molar-refractivity contribution in [2.24, 2.45) is 5.92 Å². The summed E-state index contributed by atoms with van der Waals surface area (Å²) >= 11 is 1.18. The summed E-state index contributed by atoms with van der Waals surface area (Å²) < 4.78 is 51.0. The van der Waals surface area contributed by atoms with Crippen LogP contribution in [0, 0.1) is 5.92 Å². The van der Waals surface area contributed by atoms with E-state index >= 15 is 0 Å². The molecule has 0 atom stereocenters. The van der Waals surface area contributed by atoms with E-state index < -0.39 is 20.0 Å². The average Bonchev–Trinajstić information content (AvgIpc) is 2.90. The highest BCUT2D eigenvalue weighted by Crippen LogP contribution is 2.20. The van der Waals surface area contributed by atoms with Gasteiger partial charge in [0, 0.05) is 19.6 Å². The topological polar surface area (TPSA) is 83.6 Å². The molecule has 20 heavy (non-hydrogen) atoms. The van der Waals surface area contributed by atoms with Crippen molar-refractivity contribution >= 4 is 31.4 Å². The molecule has 0 aromatic carbocycles. The molecule has 0 radical (unpaired) electrons. The standard InChI is InChI=1S/C11H18N2O4S3/c1-19(14,15)13-6-4-10(5-7-13)9-12-20(16,17)11-3-2-8-18-11/h2-3,8,10,12H,4-7,9H2,1H3. The van der Waals surface area contributed by atoms with Crippen LogP contribution in [0.3, 0.4) is 0 Å². The minimum absolute atomic E-state index is 0.183. The van der Waals surface area contributed by atoms with Crippen LogP contribution in [0.4, 0.5) is 0 Å². The van der Waals surface area contributed by atoms with Crippen LogP contribution in [0.2, 0.25) is 0 Å². The first-order chi connectivity index (χ1) is 9.29. The van der Waals surface area contributed by atoms with E-state index in [9.17, 15) is 16.8 Å². The number of hydrogen-bond donors (Lipinski definition) is 1.